The van der Waals surface area contributed by atoms with Crippen molar-refractivity contribution >= 4 is 33.0 Å². The van der Waals surface area contributed by atoms with Gasteiger partial charge in [0.1, 0.15) is 4.21 Å². The molecule has 0 aliphatic rings. The Balaban J connectivity index is 2.84. The summed E-state index contributed by atoms with van der Waals surface area (Å²) in [4.78, 5) is 0. The predicted molar refractivity (Wildman–Crippen MR) is 97.6 cm³/mol. The van der Waals surface area contributed by atoms with Gasteiger partial charge in [0.2, 0.25) is 10.0 Å². The molecule has 1 heterocycles. The first-order chi connectivity index (χ1) is 10.8. The fourth-order valence-corrected chi connectivity index (χ4v) is 5.52. The normalized spacial score (nSPS) is 15.0. The summed E-state index contributed by atoms with van der Waals surface area (Å²) < 4.78 is 28.2. The van der Waals surface area contributed by atoms with Gasteiger partial charge in [0.05, 0.1) is 10.9 Å². The SMILES string of the molecule is CCCCC[C@@H](CC(C)C)[C@H](CO)NS(=O)(=O)c1ccc(Cl)s1. The lowest BCUT2D eigenvalue weighted by Crippen LogP contribution is -2.43. The largest absolute Gasteiger partial charge is 0.395 e. The van der Waals surface area contributed by atoms with E-state index in [2.05, 4.69) is 25.5 Å². The summed E-state index contributed by atoms with van der Waals surface area (Å²) in [6.07, 6.45) is 5.11. The van der Waals surface area contributed by atoms with Crippen LogP contribution in [-0.4, -0.2) is 26.2 Å². The van der Waals surface area contributed by atoms with E-state index in [-0.39, 0.29) is 16.7 Å². The monoisotopic (exact) mass is 381 g/mol. The van der Waals surface area contributed by atoms with Crippen LogP contribution in [0.15, 0.2) is 16.3 Å². The van der Waals surface area contributed by atoms with Crippen molar-refractivity contribution in [3.63, 3.8) is 0 Å². The number of hydrogen-bond donors (Lipinski definition) is 2. The Hall–Kier alpha value is -0.140. The maximum absolute atomic E-state index is 12.5. The molecule has 2 atom stereocenters. The Bertz CT molecular complexity index is 557. The Labute approximate surface area is 149 Å². The van der Waals surface area contributed by atoms with Crippen LogP contribution >= 0.6 is 22.9 Å². The molecule has 1 aromatic heterocycles. The van der Waals surface area contributed by atoms with Crippen molar-refractivity contribution in [1.29, 1.82) is 0 Å². The lowest BCUT2D eigenvalue weighted by molar-refractivity contribution is 0.191. The first kappa shape index (κ1) is 20.9. The highest BCUT2D eigenvalue weighted by atomic mass is 35.5. The number of halogens is 1. The Morgan fingerprint density at radius 1 is 1.30 bits per heavy atom. The smallest absolute Gasteiger partial charge is 0.250 e. The number of aliphatic hydroxyl groups is 1. The summed E-state index contributed by atoms with van der Waals surface area (Å²) in [6.45, 7) is 6.19. The molecule has 23 heavy (non-hydrogen) atoms. The summed E-state index contributed by atoms with van der Waals surface area (Å²) >= 11 is 6.86. The second-order valence-corrected chi connectivity index (χ2v) is 10.0. The van der Waals surface area contributed by atoms with Crippen LogP contribution in [0.2, 0.25) is 4.34 Å². The van der Waals surface area contributed by atoms with Gasteiger partial charge in [-0.05, 0) is 36.8 Å². The van der Waals surface area contributed by atoms with Crippen LogP contribution in [0.25, 0.3) is 0 Å². The molecule has 2 N–H and O–H groups in total. The summed E-state index contributed by atoms with van der Waals surface area (Å²) in [7, 11) is -3.64. The van der Waals surface area contributed by atoms with Crippen LogP contribution in [0.3, 0.4) is 0 Å². The van der Waals surface area contributed by atoms with Gasteiger partial charge in [-0.2, -0.15) is 0 Å². The lowest BCUT2D eigenvalue weighted by Gasteiger charge is -2.27. The molecule has 0 fully saturated rings. The number of sulfonamides is 1. The van der Waals surface area contributed by atoms with Crippen molar-refractivity contribution in [2.75, 3.05) is 6.61 Å². The van der Waals surface area contributed by atoms with Gasteiger partial charge in [-0.25, -0.2) is 13.1 Å². The molecule has 0 radical (unpaired) electrons. The number of aliphatic hydroxyl groups excluding tert-OH is 1. The zero-order valence-electron chi connectivity index (χ0n) is 14.1. The zero-order chi connectivity index (χ0) is 17.5. The fraction of sp³-hybridized carbons (Fsp3) is 0.750. The lowest BCUT2D eigenvalue weighted by atomic mass is 9.87. The van der Waals surface area contributed by atoms with E-state index in [1.165, 1.54) is 6.07 Å². The van der Waals surface area contributed by atoms with Gasteiger partial charge in [-0.15, -0.1) is 11.3 Å². The molecule has 1 rings (SSSR count). The van der Waals surface area contributed by atoms with Gasteiger partial charge in [-0.3, -0.25) is 0 Å². The van der Waals surface area contributed by atoms with Crippen LogP contribution in [0.5, 0.6) is 0 Å². The van der Waals surface area contributed by atoms with E-state index >= 15 is 0 Å². The van der Waals surface area contributed by atoms with Crippen LogP contribution in [-0.2, 0) is 10.0 Å². The topological polar surface area (TPSA) is 66.4 Å². The highest BCUT2D eigenvalue weighted by Gasteiger charge is 2.27. The molecule has 0 aliphatic carbocycles. The highest BCUT2D eigenvalue weighted by Crippen LogP contribution is 2.27. The van der Waals surface area contributed by atoms with E-state index in [0.717, 1.165) is 43.4 Å². The average Bonchev–Trinajstić information content (AvgIpc) is 2.91. The molecule has 0 aromatic carbocycles. The Morgan fingerprint density at radius 2 is 2.00 bits per heavy atom. The quantitative estimate of drug-likeness (QED) is 0.562. The molecule has 0 aliphatic heterocycles. The molecule has 134 valence electrons. The molecular formula is C16H28ClNO3S2. The summed E-state index contributed by atoms with van der Waals surface area (Å²) in [5.74, 6) is 0.591. The molecule has 1 aromatic rings. The second kappa shape index (κ2) is 9.99. The number of thiophene rings is 1. The van der Waals surface area contributed by atoms with Crippen LogP contribution < -0.4 is 4.72 Å². The molecule has 7 heteroatoms. The molecule has 0 saturated heterocycles. The van der Waals surface area contributed by atoms with Gasteiger partial charge < -0.3 is 5.11 Å². The molecule has 0 bridgehead atoms. The van der Waals surface area contributed by atoms with Crippen LogP contribution in [0, 0.1) is 11.8 Å². The van der Waals surface area contributed by atoms with E-state index in [1.54, 1.807) is 6.07 Å². The third-order valence-electron chi connectivity index (χ3n) is 3.84. The summed E-state index contributed by atoms with van der Waals surface area (Å²) in [5, 5.41) is 9.73. The van der Waals surface area contributed by atoms with E-state index in [4.69, 9.17) is 11.6 Å². The van der Waals surface area contributed by atoms with Gasteiger partial charge in [-0.1, -0.05) is 51.6 Å². The van der Waals surface area contributed by atoms with Gasteiger partial charge >= 0.3 is 0 Å². The summed E-state index contributed by atoms with van der Waals surface area (Å²) in [5.41, 5.74) is 0. The fourth-order valence-electron chi connectivity index (χ4n) is 2.73. The van der Waals surface area contributed by atoms with Crippen molar-refractivity contribution in [2.24, 2.45) is 11.8 Å². The third-order valence-corrected chi connectivity index (χ3v) is 7.05. The average molecular weight is 382 g/mol. The van der Waals surface area contributed by atoms with E-state index < -0.39 is 16.1 Å². The number of rotatable bonds is 11. The second-order valence-electron chi connectivity index (χ2n) is 6.35. The minimum absolute atomic E-state index is 0.136. The Kier molecular flexibility index (Phi) is 9.08. The number of hydrogen-bond acceptors (Lipinski definition) is 4. The molecule has 0 unspecified atom stereocenters. The van der Waals surface area contributed by atoms with Crippen LogP contribution in [0.4, 0.5) is 0 Å². The standard InChI is InChI=1S/C16H28ClNO3S2/c1-4-5-6-7-13(10-12(2)3)14(11-19)18-23(20,21)16-9-8-15(17)22-16/h8-9,12-14,18-19H,4-7,10-11H2,1-3H3/t13-,14-/m0/s1. The first-order valence-electron chi connectivity index (χ1n) is 8.18. The predicted octanol–water partition coefficient (Wildman–Crippen LogP) is 4.28. The molecule has 0 amide bonds. The third kappa shape index (κ3) is 7.10. The maximum Gasteiger partial charge on any atom is 0.250 e. The highest BCUT2D eigenvalue weighted by molar-refractivity contribution is 7.91. The number of nitrogens with one attached hydrogen (secondary N) is 1. The zero-order valence-corrected chi connectivity index (χ0v) is 16.5. The van der Waals surface area contributed by atoms with Crippen molar-refractivity contribution < 1.29 is 13.5 Å². The molecule has 0 saturated carbocycles. The van der Waals surface area contributed by atoms with Gasteiger partial charge in [0.25, 0.3) is 0 Å². The maximum atomic E-state index is 12.5. The molecule has 0 spiro atoms. The Morgan fingerprint density at radius 3 is 2.48 bits per heavy atom. The van der Waals surface area contributed by atoms with Gasteiger partial charge in [0.15, 0.2) is 0 Å². The minimum atomic E-state index is -3.64. The number of unbranched alkanes of at least 4 members (excludes halogenated alkanes) is 2. The van der Waals surface area contributed by atoms with Crippen molar-refractivity contribution in [1.82, 2.24) is 4.72 Å². The van der Waals surface area contributed by atoms with E-state index in [1.807, 2.05) is 0 Å². The molecular weight excluding hydrogens is 354 g/mol. The van der Waals surface area contributed by atoms with E-state index in [0.29, 0.717) is 10.3 Å². The minimum Gasteiger partial charge on any atom is -0.395 e. The van der Waals surface area contributed by atoms with Crippen molar-refractivity contribution in [2.45, 2.75) is 63.1 Å². The van der Waals surface area contributed by atoms with E-state index in [9.17, 15) is 13.5 Å². The van der Waals surface area contributed by atoms with Crippen molar-refractivity contribution in [3.05, 3.63) is 16.5 Å². The van der Waals surface area contributed by atoms with Crippen molar-refractivity contribution in [3.8, 4) is 0 Å². The van der Waals surface area contributed by atoms with Gasteiger partial charge in [0, 0.05) is 6.04 Å². The molecule has 4 nitrogen and oxygen atoms in total. The first-order valence-corrected chi connectivity index (χ1v) is 10.9. The van der Waals surface area contributed by atoms with Crippen LogP contribution in [0.1, 0.15) is 52.9 Å². The summed E-state index contributed by atoms with van der Waals surface area (Å²) in [6, 6.07) is 2.61.